The van der Waals surface area contributed by atoms with E-state index in [4.69, 9.17) is 5.73 Å². The normalized spacial score (nSPS) is 11.5. The van der Waals surface area contributed by atoms with Crippen molar-refractivity contribution in [1.29, 1.82) is 0 Å². The van der Waals surface area contributed by atoms with Gasteiger partial charge < -0.3 is 5.73 Å². The summed E-state index contributed by atoms with van der Waals surface area (Å²) in [5, 5.41) is 0. The Balaban J connectivity index is 2.39. The second-order valence-electron chi connectivity index (χ2n) is 4.03. The molecule has 0 aliphatic rings. The molecule has 0 bridgehead atoms. The first-order valence-corrected chi connectivity index (χ1v) is 5.47. The first-order valence-electron chi connectivity index (χ1n) is 5.47. The van der Waals surface area contributed by atoms with E-state index in [0.29, 0.717) is 11.3 Å². The monoisotopic (exact) mass is 251 g/mol. The molecule has 0 aromatic heterocycles. The minimum absolute atomic E-state index is 0.183. The lowest BCUT2D eigenvalue weighted by Gasteiger charge is -2.13. The molecule has 0 saturated carbocycles. The highest BCUT2D eigenvalue weighted by molar-refractivity contribution is 5.49. The number of rotatable bonds is 2. The molecular formula is C14H12F3N. The average molecular weight is 251 g/mol. The molecule has 2 rings (SSSR count). The molecule has 0 atom stereocenters. The second-order valence-corrected chi connectivity index (χ2v) is 4.03. The third-order valence-electron chi connectivity index (χ3n) is 2.76. The van der Waals surface area contributed by atoms with Crippen molar-refractivity contribution < 1.29 is 13.2 Å². The number of benzene rings is 2. The van der Waals surface area contributed by atoms with Crippen molar-refractivity contribution in [3.8, 4) is 0 Å². The van der Waals surface area contributed by atoms with Gasteiger partial charge in [-0.3, -0.25) is 0 Å². The van der Waals surface area contributed by atoms with Crippen molar-refractivity contribution in [3.63, 3.8) is 0 Å². The van der Waals surface area contributed by atoms with Gasteiger partial charge in [0.1, 0.15) is 0 Å². The summed E-state index contributed by atoms with van der Waals surface area (Å²) in [7, 11) is 0. The fourth-order valence-electron chi connectivity index (χ4n) is 1.85. The molecule has 0 saturated heterocycles. The van der Waals surface area contributed by atoms with Crippen LogP contribution in [0, 0.1) is 0 Å². The molecule has 0 radical (unpaired) electrons. The highest BCUT2D eigenvalue weighted by Gasteiger charge is 2.32. The van der Waals surface area contributed by atoms with Gasteiger partial charge in [-0.25, -0.2) is 0 Å². The number of hydrogen-bond donors (Lipinski definition) is 1. The van der Waals surface area contributed by atoms with E-state index in [9.17, 15) is 13.2 Å². The van der Waals surface area contributed by atoms with Crippen LogP contribution in [0.5, 0.6) is 0 Å². The van der Waals surface area contributed by atoms with E-state index in [1.807, 2.05) is 0 Å². The van der Waals surface area contributed by atoms with Crippen LogP contribution in [0.2, 0.25) is 0 Å². The zero-order valence-corrected chi connectivity index (χ0v) is 9.54. The fraction of sp³-hybridized carbons (Fsp3) is 0.143. The van der Waals surface area contributed by atoms with E-state index in [0.717, 1.165) is 6.07 Å². The van der Waals surface area contributed by atoms with Crippen LogP contribution in [0.1, 0.15) is 16.7 Å². The Morgan fingerprint density at radius 2 is 1.39 bits per heavy atom. The number of nitrogens with two attached hydrogens (primary N) is 1. The third kappa shape index (κ3) is 2.64. The predicted octanol–water partition coefficient (Wildman–Crippen LogP) is 3.88. The number of para-hydroxylation sites is 1. The Kier molecular flexibility index (Phi) is 3.28. The first kappa shape index (κ1) is 12.5. The maximum atomic E-state index is 12.8. The number of hydrogen-bond acceptors (Lipinski definition) is 1. The van der Waals surface area contributed by atoms with Crippen molar-refractivity contribution in [3.05, 3.63) is 65.2 Å². The maximum Gasteiger partial charge on any atom is 0.416 e. The van der Waals surface area contributed by atoms with Crippen LogP contribution in [0.4, 0.5) is 18.9 Å². The van der Waals surface area contributed by atoms with Crippen LogP contribution in [0.15, 0.2) is 48.5 Å². The summed E-state index contributed by atoms with van der Waals surface area (Å²) in [5.41, 5.74) is 6.59. The second kappa shape index (κ2) is 4.72. The van der Waals surface area contributed by atoms with Crippen molar-refractivity contribution in [2.75, 3.05) is 5.73 Å². The van der Waals surface area contributed by atoms with Crippen LogP contribution >= 0.6 is 0 Å². The number of anilines is 1. The smallest absolute Gasteiger partial charge is 0.398 e. The van der Waals surface area contributed by atoms with E-state index < -0.39 is 11.7 Å². The molecule has 0 amide bonds. The van der Waals surface area contributed by atoms with Crippen LogP contribution in [0.3, 0.4) is 0 Å². The molecule has 2 aromatic rings. The highest BCUT2D eigenvalue weighted by atomic mass is 19.4. The summed E-state index contributed by atoms with van der Waals surface area (Å²) >= 11 is 0. The Bertz CT molecular complexity index is 547. The zero-order valence-electron chi connectivity index (χ0n) is 9.54. The van der Waals surface area contributed by atoms with Crippen molar-refractivity contribution in [2.24, 2.45) is 0 Å². The van der Waals surface area contributed by atoms with E-state index in [1.54, 1.807) is 30.3 Å². The maximum absolute atomic E-state index is 12.8. The van der Waals surface area contributed by atoms with Gasteiger partial charge in [0.25, 0.3) is 0 Å². The standard InChI is InChI=1S/C14H12F3N/c15-14(16,17)12-7-3-1-5-10(12)9-11-6-2-4-8-13(11)18/h1-8H,9,18H2. The van der Waals surface area contributed by atoms with Gasteiger partial charge in [-0.05, 0) is 23.3 Å². The number of nitrogen functional groups attached to an aromatic ring is 1. The Hall–Kier alpha value is -1.97. The van der Waals surface area contributed by atoms with Gasteiger partial charge in [0.2, 0.25) is 0 Å². The Labute approximate surface area is 103 Å². The molecule has 0 heterocycles. The number of alkyl halides is 3. The summed E-state index contributed by atoms with van der Waals surface area (Å²) < 4.78 is 38.5. The molecule has 0 fully saturated rings. The van der Waals surface area contributed by atoms with Crippen LogP contribution < -0.4 is 5.73 Å². The van der Waals surface area contributed by atoms with Gasteiger partial charge in [0.05, 0.1) is 5.56 Å². The topological polar surface area (TPSA) is 26.0 Å². The van der Waals surface area contributed by atoms with Crippen LogP contribution in [-0.4, -0.2) is 0 Å². The number of halogens is 3. The molecule has 4 heteroatoms. The van der Waals surface area contributed by atoms with Crippen molar-refractivity contribution >= 4 is 5.69 Å². The Morgan fingerprint density at radius 1 is 0.833 bits per heavy atom. The predicted molar refractivity (Wildman–Crippen MR) is 65.1 cm³/mol. The molecule has 0 aliphatic heterocycles. The summed E-state index contributed by atoms with van der Waals surface area (Å²) in [4.78, 5) is 0. The quantitative estimate of drug-likeness (QED) is 0.805. The Morgan fingerprint density at radius 3 is 2.00 bits per heavy atom. The SMILES string of the molecule is Nc1ccccc1Cc1ccccc1C(F)(F)F. The molecule has 1 nitrogen and oxygen atoms in total. The zero-order chi connectivity index (χ0) is 13.2. The largest absolute Gasteiger partial charge is 0.416 e. The first-order chi connectivity index (χ1) is 8.48. The minimum atomic E-state index is -4.33. The fourth-order valence-corrected chi connectivity index (χ4v) is 1.85. The van der Waals surface area contributed by atoms with Gasteiger partial charge in [-0.2, -0.15) is 13.2 Å². The van der Waals surface area contributed by atoms with Gasteiger partial charge in [-0.15, -0.1) is 0 Å². The molecule has 0 unspecified atom stereocenters. The van der Waals surface area contributed by atoms with Crippen LogP contribution in [-0.2, 0) is 12.6 Å². The molecule has 0 aliphatic carbocycles. The van der Waals surface area contributed by atoms with Crippen LogP contribution in [0.25, 0.3) is 0 Å². The van der Waals surface area contributed by atoms with E-state index in [-0.39, 0.29) is 12.0 Å². The van der Waals surface area contributed by atoms with Gasteiger partial charge >= 0.3 is 6.18 Å². The molecular weight excluding hydrogens is 239 g/mol. The van der Waals surface area contributed by atoms with Crippen molar-refractivity contribution in [1.82, 2.24) is 0 Å². The van der Waals surface area contributed by atoms with E-state index >= 15 is 0 Å². The average Bonchev–Trinajstić information content (AvgIpc) is 2.31. The molecule has 2 N–H and O–H groups in total. The minimum Gasteiger partial charge on any atom is -0.398 e. The highest BCUT2D eigenvalue weighted by Crippen LogP contribution is 2.33. The molecule has 18 heavy (non-hydrogen) atoms. The van der Waals surface area contributed by atoms with Crippen molar-refractivity contribution in [2.45, 2.75) is 12.6 Å². The summed E-state index contributed by atoms with van der Waals surface area (Å²) in [5.74, 6) is 0. The lowest BCUT2D eigenvalue weighted by molar-refractivity contribution is -0.138. The van der Waals surface area contributed by atoms with Gasteiger partial charge in [-0.1, -0.05) is 36.4 Å². The van der Waals surface area contributed by atoms with Gasteiger partial charge in [0.15, 0.2) is 0 Å². The van der Waals surface area contributed by atoms with Gasteiger partial charge in [0, 0.05) is 12.1 Å². The lowest BCUT2D eigenvalue weighted by Crippen LogP contribution is -2.09. The summed E-state index contributed by atoms with van der Waals surface area (Å²) in [6, 6.07) is 12.5. The summed E-state index contributed by atoms with van der Waals surface area (Å²) in [6.45, 7) is 0. The lowest BCUT2D eigenvalue weighted by atomic mass is 9.98. The molecule has 94 valence electrons. The van der Waals surface area contributed by atoms with E-state index in [2.05, 4.69) is 0 Å². The summed E-state index contributed by atoms with van der Waals surface area (Å²) in [6.07, 6.45) is -4.15. The molecule has 0 spiro atoms. The molecule has 2 aromatic carbocycles. The van der Waals surface area contributed by atoms with E-state index in [1.165, 1.54) is 12.1 Å². The third-order valence-corrected chi connectivity index (χ3v) is 2.76.